The third-order valence-corrected chi connectivity index (χ3v) is 4.13. The number of amides is 4. The van der Waals surface area contributed by atoms with Crippen LogP contribution in [0.25, 0.3) is 11.3 Å². The number of carbonyl (C=O) groups is 3. The van der Waals surface area contributed by atoms with Gasteiger partial charge in [0.1, 0.15) is 23.5 Å². The van der Waals surface area contributed by atoms with E-state index in [0.29, 0.717) is 17.2 Å². The van der Waals surface area contributed by atoms with Crippen molar-refractivity contribution in [2.24, 2.45) is 0 Å². The molecule has 2 aromatic rings. The Kier molecular flexibility index (Phi) is 4.85. The fourth-order valence-electron chi connectivity index (χ4n) is 2.66. The second-order valence-corrected chi connectivity index (χ2v) is 6.64. The number of hydrogen-bond acceptors (Lipinski definition) is 6. The van der Waals surface area contributed by atoms with Crippen molar-refractivity contribution >= 4 is 17.8 Å². The number of hydrogen-bond donors (Lipinski definition) is 2. The summed E-state index contributed by atoms with van der Waals surface area (Å²) in [6.45, 7) is 2.93. The molecule has 142 valence electrons. The second kappa shape index (κ2) is 7.10. The smallest absolute Gasteiger partial charge is 0.325 e. The Balaban J connectivity index is 1.58. The number of urea groups is 1. The Bertz CT molecular complexity index is 889. The van der Waals surface area contributed by atoms with E-state index in [1.54, 1.807) is 27.0 Å². The largest absolute Gasteiger partial charge is 0.497 e. The highest BCUT2D eigenvalue weighted by Gasteiger charge is 2.44. The summed E-state index contributed by atoms with van der Waals surface area (Å²) >= 11 is 0. The first-order valence-electron chi connectivity index (χ1n) is 8.31. The third kappa shape index (κ3) is 3.91. The molecule has 1 saturated heterocycles. The lowest BCUT2D eigenvalue weighted by molar-refractivity contribution is -0.134. The number of benzene rings is 1. The molecule has 0 aliphatic carbocycles. The number of imide groups is 1. The molecule has 1 aliphatic rings. The molecule has 3 rings (SSSR count). The SMILES string of the molecule is COc1cccc(-c2cc(CNC(=O)CN3C(=O)NC(C)(C)C3=O)no2)c1. The Labute approximate surface area is 155 Å². The molecule has 0 saturated carbocycles. The van der Waals surface area contributed by atoms with Crippen molar-refractivity contribution in [2.75, 3.05) is 13.7 Å². The predicted octanol–water partition coefficient (Wildman–Crippen LogP) is 1.30. The first-order valence-corrected chi connectivity index (χ1v) is 8.31. The van der Waals surface area contributed by atoms with Gasteiger partial charge in [0, 0.05) is 11.6 Å². The summed E-state index contributed by atoms with van der Waals surface area (Å²) < 4.78 is 10.5. The molecule has 0 unspecified atom stereocenters. The molecule has 4 amide bonds. The molecule has 0 bridgehead atoms. The summed E-state index contributed by atoms with van der Waals surface area (Å²) in [5.41, 5.74) is 0.300. The fraction of sp³-hybridized carbons (Fsp3) is 0.333. The summed E-state index contributed by atoms with van der Waals surface area (Å²) in [6.07, 6.45) is 0. The van der Waals surface area contributed by atoms with E-state index in [2.05, 4.69) is 15.8 Å². The van der Waals surface area contributed by atoms with Gasteiger partial charge in [-0.15, -0.1) is 0 Å². The van der Waals surface area contributed by atoms with Crippen LogP contribution in [0, 0.1) is 0 Å². The number of nitrogens with one attached hydrogen (secondary N) is 2. The second-order valence-electron chi connectivity index (χ2n) is 6.64. The first-order chi connectivity index (χ1) is 12.8. The van der Waals surface area contributed by atoms with Gasteiger partial charge >= 0.3 is 6.03 Å². The number of rotatable bonds is 6. The van der Waals surface area contributed by atoms with Crippen molar-refractivity contribution in [3.63, 3.8) is 0 Å². The first kappa shape index (κ1) is 18.4. The lowest BCUT2D eigenvalue weighted by atomic mass is 10.1. The molecular formula is C18H20N4O5. The molecule has 1 aromatic carbocycles. The van der Waals surface area contributed by atoms with E-state index < -0.39 is 23.4 Å². The number of aromatic nitrogens is 1. The fourth-order valence-corrected chi connectivity index (χ4v) is 2.66. The van der Waals surface area contributed by atoms with Gasteiger partial charge in [0.15, 0.2) is 5.76 Å². The summed E-state index contributed by atoms with van der Waals surface area (Å²) in [5.74, 6) is 0.316. The third-order valence-electron chi connectivity index (χ3n) is 4.13. The molecular weight excluding hydrogens is 352 g/mol. The Hall–Kier alpha value is -3.36. The molecule has 0 radical (unpaired) electrons. The molecule has 1 fully saturated rings. The molecule has 1 aliphatic heterocycles. The van der Waals surface area contributed by atoms with Crippen LogP contribution < -0.4 is 15.4 Å². The topological polar surface area (TPSA) is 114 Å². The van der Waals surface area contributed by atoms with Gasteiger partial charge in [0.05, 0.1) is 13.7 Å². The van der Waals surface area contributed by atoms with E-state index in [1.165, 1.54) is 0 Å². The standard InChI is InChI=1S/C18H20N4O5/c1-18(2)16(24)22(17(25)20-18)10-15(23)19-9-12-8-14(27-21-12)11-5-4-6-13(7-11)26-3/h4-8H,9-10H2,1-3H3,(H,19,23)(H,20,25). The van der Waals surface area contributed by atoms with Crippen LogP contribution >= 0.6 is 0 Å². The highest BCUT2D eigenvalue weighted by atomic mass is 16.5. The summed E-state index contributed by atoms with van der Waals surface area (Å²) in [7, 11) is 1.58. The van der Waals surface area contributed by atoms with E-state index in [-0.39, 0.29) is 13.1 Å². The van der Waals surface area contributed by atoms with Crippen molar-refractivity contribution < 1.29 is 23.6 Å². The Morgan fingerprint density at radius 3 is 2.78 bits per heavy atom. The molecule has 9 heteroatoms. The zero-order valence-corrected chi connectivity index (χ0v) is 15.2. The van der Waals surface area contributed by atoms with Gasteiger partial charge in [0.2, 0.25) is 5.91 Å². The molecule has 2 N–H and O–H groups in total. The Morgan fingerprint density at radius 1 is 1.33 bits per heavy atom. The van der Waals surface area contributed by atoms with Gasteiger partial charge in [-0.25, -0.2) is 4.79 Å². The van der Waals surface area contributed by atoms with Gasteiger partial charge in [-0.3, -0.25) is 14.5 Å². The quantitative estimate of drug-likeness (QED) is 0.739. The molecule has 0 atom stereocenters. The average Bonchev–Trinajstić information content (AvgIpc) is 3.19. The molecule has 2 heterocycles. The van der Waals surface area contributed by atoms with Crippen molar-refractivity contribution in [1.29, 1.82) is 0 Å². The number of carbonyl (C=O) groups excluding carboxylic acids is 3. The van der Waals surface area contributed by atoms with E-state index in [1.807, 2.05) is 24.3 Å². The summed E-state index contributed by atoms with van der Waals surface area (Å²) in [4.78, 5) is 36.8. The van der Waals surface area contributed by atoms with E-state index >= 15 is 0 Å². The predicted molar refractivity (Wildman–Crippen MR) is 94.7 cm³/mol. The van der Waals surface area contributed by atoms with Crippen molar-refractivity contribution in [3.8, 4) is 17.1 Å². The van der Waals surface area contributed by atoms with Crippen LogP contribution in [-0.2, 0) is 16.1 Å². The van der Waals surface area contributed by atoms with Gasteiger partial charge in [-0.05, 0) is 26.0 Å². The molecule has 1 aromatic heterocycles. The van der Waals surface area contributed by atoms with E-state index in [0.717, 1.165) is 10.5 Å². The average molecular weight is 372 g/mol. The molecule has 9 nitrogen and oxygen atoms in total. The van der Waals surface area contributed by atoms with E-state index in [4.69, 9.17) is 9.26 Å². The van der Waals surface area contributed by atoms with Crippen molar-refractivity contribution in [3.05, 3.63) is 36.0 Å². The zero-order valence-electron chi connectivity index (χ0n) is 15.2. The van der Waals surface area contributed by atoms with Crippen LogP contribution in [-0.4, -0.2) is 47.1 Å². The molecule has 0 spiro atoms. The molecule has 27 heavy (non-hydrogen) atoms. The van der Waals surface area contributed by atoms with Gasteiger partial charge in [-0.2, -0.15) is 0 Å². The minimum Gasteiger partial charge on any atom is -0.497 e. The number of nitrogens with zero attached hydrogens (tertiary/aromatic N) is 2. The van der Waals surface area contributed by atoms with Crippen LogP contribution in [0.5, 0.6) is 5.75 Å². The van der Waals surface area contributed by atoms with Crippen LogP contribution in [0.4, 0.5) is 4.79 Å². The van der Waals surface area contributed by atoms with E-state index in [9.17, 15) is 14.4 Å². The van der Waals surface area contributed by atoms with Crippen LogP contribution in [0.1, 0.15) is 19.5 Å². The Morgan fingerprint density at radius 2 is 2.11 bits per heavy atom. The maximum atomic E-state index is 12.1. The van der Waals surface area contributed by atoms with Crippen LogP contribution in [0.2, 0.25) is 0 Å². The van der Waals surface area contributed by atoms with Crippen LogP contribution in [0.15, 0.2) is 34.9 Å². The minimum atomic E-state index is -1.00. The highest BCUT2D eigenvalue weighted by Crippen LogP contribution is 2.24. The normalized spacial score (nSPS) is 15.6. The summed E-state index contributed by atoms with van der Waals surface area (Å²) in [6, 6.07) is 8.43. The maximum absolute atomic E-state index is 12.1. The van der Waals surface area contributed by atoms with Gasteiger partial charge < -0.3 is 19.9 Å². The number of methoxy groups -OCH3 is 1. The summed E-state index contributed by atoms with van der Waals surface area (Å²) in [5, 5.41) is 9.06. The maximum Gasteiger partial charge on any atom is 0.325 e. The van der Waals surface area contributed by atoms with Gasteiger partial charge in [-0.1, -0.05) is 17.3 Å². The van der Waals surface area contributed by atoms with Crippen molar-refractivity contribution in [1.82, 2.24) is 20.7 Å². The lowest BCUT2D eigenvalue weighted by Gasteiger charge is -2.15. The lowest BCUT2D eigenvalue weighted by Crippen LogP contribution is -2.43. The van der Waals surface area contributed by atoms with Gasteiger partial charge in [0.25, 0.3) is 5.91 Å². The zero-order chi connectivity index (χ0) is 19.6. The minimum absolute atomic E-state index is 0.110. The van der Waals surface area contributed by atoms with Crippen molar-refractivity contribution in [2.45, 2.75) is 25.9 Å². The number of ether oxygens (including phenoxy) is 1. The monoisotopic (exact) mass is 372 g/mol. The highest BCUT2D eigenvalue weighted by molar-refractivity contribution is 6.08. The van der Waals surface area contributed by atoms with Crippen LogP contribution in [0.3, 0.4) is 0 Å².